The van der Waals surface area contributed by atoms with Gasteiger partial charge in [-0.1, -0.05) is 30.3 Å². The van der Waals surface area contributed by atoms with Gasteiger partial charge in [0.05, 0.1) is 5.69 Å². The SMILES string of the molecule is O=C(NC1CCN(c2cc(-c3ccccc3)[nH]n2)C1)c1ccsc1. The third kappa shape index (κ3) is 3.05. The number of benzene rings is 1. The van der Waals surface area contributed by atoms with Crippen molar-refractivity contribution in [3.63, 3.8) is 0 Å². The lowest BCUT2D eigenvalue weighted by atomic mass is 10.1. The number of rotatable bonds is 4. The number of thiophene rings is 1. The molecule has 2 N–H and O–H groups in total. The highest BCUT2D eigenvalue weighted by Gasteiger charge is 2.26. The minimum absolute atomic E-state index is 0.00935. The van der Waals surface area contributed by atoms with E-state index in [2.05, 4.69) is 38.6 Å². The fourth-order valence-electron chi connectivity index (χ4n) is 2.99. The summed E-state index contributed by atoms with van der Waals surface area (Å²) in [6, 6.07) is 14.2. The molecule has 1 aromatic carbocycles. The van der Waals surface area contributed by atoms with Crippen molar-refractivity contribution in [2.75, 3.05) is 18.0 Å². The highest BCUT2D eigenvalue weighted by molar-refractivity contribution is 7.08. The van der Waals surface area contributed by atoms with Crippen LogP contribution in [-0.4, -0.2) is 35.2 Å². The molecule has 1 unspecified atom stereocenters. The van der Waals surface area contributed by atoms with E-state index >= 15 is 0 Å². The number of anilines is 1. The van der Waals surface area contributed by atoms with Crippen LogP contribution in [0, 0.1) is 0 Å². The van der Waals surface area contributed by atoms with Gasteiger partial charge >= 0.3 is 0 Å². The molecule has 2 aromatic heterocycles. The number of nitrogens with zero attached hydrogens (tertiary/aromatic N) is 2. The standard InChI is InChI=1S/C18H18N4OS/c23-18(14-7-9-24-12-14)19-15-6-8-22(11-15)17-10-16(20-21-17)13-4-2-1-3-5-13/h1-5,7,9-10,12,15H,6,8,11H2,(H,19,23)(H,20,21). The monoisotopic (exact) mass is 338 g/mol. The summed E-state index contributed by atoms with van der Waals surface area (Å²) < 4.78 is 0. The van der Waals surface area contributed by atoms with E-state index in [0.717, 1.165) is 42.1 Å². The van der Waals surface area contributed by atoms with Crippen LogP contribution in [0.4, 0.5) is 5.82 Å². The Morgan fingerprint density at radius 2 is 2.17 bits per heavy atom. The number of carbonyl (C=O) groups excluding carboxylic acids is 1. The van der Waals surface area contributed by atoms with Crippen LogP contribution in [0.3, 0.4) is 0 Å². The first-order valence-electron chi connectivity index (χ1n) is 7.98. The first kappa shape index (κ1) is 15.0. The van der Waals surface area contributed by atoms with Gasteiger partial charge in [-0.2, -0.15) is 16.4 Å². The van der Waals surface area contributed by atoms with Gasteiger partial charge in [0.2, 0.25) is 0 Å². The average Bonchev–Trinajstić information content (AvgIpc) is 3.36. The maximum absolute atomic E-state index is 12.1. The van der Waals surface area contributed by atoms with E-state index in [9.17, 15) is 4.79 Å². The number of hydrogen-bond donors (Lipinski definition) is 2. The van der Waals surface area contributed by atoms with E-state index in [4.69, 9.17) is 0 Å². The molecule has 3 heterocycles. The van der Waals surface area contributed by atoms with Gasteiger partial charge in [0.25, 0.3) is 5.91 Å². The van der Waals surface area contributed by atoms with Crippen LogP contribution in [0.15, 0.2) is 53.2 Å². The molecule has 1 fully saturated rings. The number of aromatic amines is 1. The van der Waals surface area contributed by atoms with Crippen LogP contribution < -0.4 is 10.2 Å². The number of hydrogen-bond acceptors (Lipinski definition) is 4. The van der Waals surface area contributed by atoms with Crippen LogP contribution in [-0.2, 0) is 0 Å². The van der Waals surface area contributed by atoms with E-state index in [-0.39, 0.29) is 11.9 Å². The number of carbonyl (C=O) groups is 1. The van der Waals surface area contributed by atoms with Crippen molar-refractivity contribution >= 4 is 23.1 Å². The van der Waals surface area contributed by atoms with Crippen LogP contribution in [0.2, 0.25) is 0 Å². The second kappa shape index (κ2) is 6.49. The van der Waals surface area contributed by atoms with Crippen molar-refractivity contribution < 1.29 is 4.79 Å². The van der Waals surface area contributed by atoms with Crippen LogP contribution in [0.5, 0.6) is 0 Å². The molecule has 1 aliphatic rings. The molecule has 1 saturated heterocycles. The van der Waals surface area contributed by atoms with Gasteiger partial charge in [0.1, 0.15) is 0 Å². The van der Waals surface area contributed by atoms with Gasteiger partial charge < -0.3 is 10.2 Å². The number of nitrogens with one attached hydrogen (secondary N) is 2. The van der Waals surface area contributed by atoms with E-state index < -0.39 is 0 Å². The molecule has 6 heteroatoms. The molecule has 0 bridgehead atoms. The fraction of sp³-hybridized carbons (Fsp3) is 0.222. The molecule has 0 aliphatic carbocycles. The molecule has 5 nitrogen and oxygen atoms in total. The zero-order chi connectivity index (χ0) is 16.4. The normalized spacial score (nSPS) is 17.2. The van der Waals surface area contributed by atoms with E-state index in [1.54, 1.807) is 0 Å². The average molecular weight is 338 g/mol. The third-order valence-corrected chi connectivity index (χ3v) is 4.96. The summed E-state index contributed by atoms with van der Waals surface area (Å²) in [6.07, 6.45) is 0.934. The minimum Gasteiger partial charge on any atom is -0.353 e. The maximum atomic E-state index is 12.1. The van der Waals surface area contributed by atoms with Gasteiger partial charge in [0, 0.05) is 36.1 Å². The number of amides is 1. The van der Waals surface area contributed by atoms with Crippen molar-refractivity contribution in [1.82, 2.24) is 15.5 Å². The molecule has 1 aliphatic heterocycles. The molecular formula is C18H18N4OS. The maximum Gasteiger partial charge on any atom is 0.252 e. The van der Waals surface area contributed by atoms with Crippen LogP contribution in [0.1, 0.15) is 16.8 Å². The largest absolute Gasteiger partial charge is 0.353 e. The zero-order valence-electron chi connectivity index (χ0n) is 13.1. The summed E-state index contributed by atoms with van der Waals surface area (Å²) in [5, 5.41) is 14.4. The second-order valence-corrected chi connectivity index (χ2v) is 6.70. The van der Waals surface area contributed by atoms with Gasteiger partial charge in [-0.15, -0.1) is 0 Å². The van der Waals surface area contributed by atoms with Crippen molar-refractivity contribution in [3.8, 4) is 11.3 Å². The molecule has 24 heavy (non-hydrogen) atoms. The Balaban J connectivity index is 1.40. The predicted molar refractivity (Wildman–Crippen MR) is 96.4 cm³/mol. The summed E-state index contributed by atoms with van der Waals surface area (Å²) in [5.41, 5.74) is 2.87. The lowest BCUT2D eigenvalue weighted by molar-refractivity contribution is 0.0941. The topological polar surface area (TPSA) is 61.0 Å². The summed E-state index contributed by atoms with van der Waals surface area (Å²) in [4.78, 5) is 14.4. The molecule has 0 spiro atoms. The smallest absolute Gasteiger partial charge is 0.252 e. The Bertz CT molecular complexity index is 813. The predicted octanol–water partition coefficient (Wildman–Crippen LogP) is 3.15. The quantitative estimate of drug-likeness (QED) is 0.768. The van der Waals surface area contributed by atoms with Crippen molar-refractivity contribution in [2.24, 2.45) is 0 Å². The molecule has 0 radical (unpaired) electrons. The Morgan fingerprint density at radius 3 is 2.96 bits per heavy atom. The molecule has 1 atom stereocenters. The summed E-state index contributed by atoms with van der Waals surface area (Å²) in [7, 11) is 0. The molecule has 4 rings (SSSR count). The Labute approximate surface area is 144 Å². The van der Waals surface area contributed by atoms with Gasteiger partial charge in [0.15, 0.2) is 5.82 Å². The molecule has 0 saturated carbocycles. The Hall–Kier alpha value is -2.60. The zero-order valence-corrected chi connectivity index (χ0v) is 13.9. The molecule has 3 aromatic rings. The summed E-state index contributed by atoms with van der Waals surface area (Å²) in [5.74, 6) is 0.941. The molecule has 1 amide bonds. The summed E-state index contributed by atoms with van der Waals surface area (Å²) >= 11 is 1.54. The number of aromatic nitrogens is 2. The second-order valence-electron chi connectivity index (χ2n) is 5.92. The van der Waals surface area contributed by atoms with Crippen molar-refractivity contribution in [2.45, 2.75) is 12.5 Å². The van der Waals surface area contributed by atoms with E-state index in [1.165, 1.54) is 11.3 Å². The Kier molecular flexibility index (Phi) is 4.04. The minimum atomic E-state index is 0.00935. The van der Waals surface area contributed by atoms with Crippen LogP contribution in [0.25, 0.3) is 11.3 Å². The molecular weight excluding hydrogens is 320 g/mol. The Morgan fingerprint density at radius 1 is 1.29 bits per heavy atom. The first-order valence-corrected chi connectivity index (χ1v) is 8.93. The van der Waals surface area contributed by atoms with Gasteiger partial charge in [-0.05, 0) is 23.4 Å². The highest BCUT2D eigenvalue weighted by Crippen LogP contribution is 2.24. The summed E-state index contributed by atoms with van der Waals surface area (Å²) in [6.45, 7) is 1.68. The fourth-order valence-corrected chi connectivity index (χ4v) is 3.62. The van der Waals surface area contributed by atoms with Crippen LogP contribution >= 0.6 is 11.3 Å². The van der Waals surface area contributed by atoms with Crippen molar-refractivity contribution in [3.05, 3.63) is 58.8 Å². The van der Waals surface area contributed by atoms with Crippen molar-refractivity contribution in [1.29, 1.82) is 0 Å². The highest BCUT2D eigenvalue weighted by atomic mass is 32.1. The lowest BCUT2D eigenvalue weighted by Crippen LogP contribution is -2.37. The van der Waals surface area contributed by atoms with Gasteiger partial charge in [-0.25, -0.2) is 0 Å². The van der Waals surface area contributed by atoms with E-state index in [0.29, 0.717) is 0 Å². The lowest BCUT2D eigenvalue weighted by Gasteiger charge is -2.15. The van der Waals surface area contributed by atoms with E-state index in [1.807, 2.05) is 35.0 Å². The molecule has 122 valence electrons. The first-order chi connectivity index (χ1) is 11.8. The number of H-pyrrole nitrogens is 1. The van der Waals surface area contributed by atoms with Gasteiger partial charge in [-0.3, -0.25) is 9.89 Å². The third-order valence-electron chi connectivity index (χ3n) is 4.28.